The summed E-state index contributed by atoms with van der Waals surface area (Å²) in [5, 5.41) is 7.42. The lowest BCUT2D eigenvalue weighted by Gasteiger charge is -2.32. The van der Waals surface area contributed by atoms with Gasteiger partial charge in [-0.1, -0.05) is 0 Å². The highest BCUT2D eigenvalue weighted by atomic mass is 19.4. The molecule has 0 atom stereocenters. The van der Waals surface area contributed by atoms with E-state index in [0.717, 1.165) is 4.90 Å². The molecule has 0 aliphatic carbocycles. The summed E-state index contributed by atoms with van der Waals surface area (Å²) < 4.78 is 92.0. The van der Waals surface area contributed by atoms with Crippen LogP contribution in [0.3, 0.4) is 0 Å². The van der Waals surface area contributed by atoms with Crippen LogP contribution in [-0.2, 0) is 4.74 Å². The van der Waals surface area contributed by atoms with Gasteiger partial charge in [-0.25, -0.2) is 9.18 Å². The van der Waals surface area contributed by atoms with E-state index in [1.165, 1.54) is 18.2 Å². The number of rotatable bonds is 2. The Morgan fingerprint density at radius 1 is 1.14 bits per heavy atom. The Kier molecular flexibility index (Phi) is 5.15. The summed E-state index contributed by atoms with van der Waals surface area (Å²) in [5.41, 5.74) is 1.07. The molecule has 1 fully saturated rings. The molecule has 1 N–H and O–H groups in total. The fourth-order valence-corrected chi connectivity index (χ4v) is 3.16. The van der Waals surface area contributed by atoms with Crippen LogP contribution in [0, 0.1) is 5.82 Å². The standard InChI is InChI=1S/C16H14F7N3O2/c17-9-1-2-10-11(7-9)24-25-12(10)8-3-5-26(6-4-8)14(27)28-13(15(18,19)20)16(21,22)23/h1-2,7-8,13H,3-6H2,(H,24,25). The van der Waals surface area contributed by atoms with Crippen LogP contribution in [0.2, 0.25) is 0 Å². The van der Waals surface area contributed by atoms with E-state index in [1.54, 1.807) is 0 Å². The predicted molar refractivity (Wildman–Crippen MR) is 82.0 cm³/mol. The number of piperidine rings is 1. The first-order chi connectivity index (χ1) is 13.0. The van der Waals surface area contributed by atoms with Crippen molar-refractivity contribution in [2.24, 2.45) is 0 Å². The minimum Gasteiger partial charge on any atom is -0.426 e. The lowest BCUT2D eigenvalue weighted by Crippen LogP contribution is -2.49. The molecule has 1 aromatic carbocycles. The maximum Gasteiger partial charge on any atom is 0.434 e. The zero-order chi connectivity index (χ0) is 20.7. The van der Waals surface area contributed by atoms with Crippen molar-refractivity contribution in [1.82, 2.24) is 15.1 Å². The van der Waals surface area contributed by atoms with Crippen molar-refractivity contribution < 1.29 is 40.3 Å². The second-order valence-corrected chi connectivity index (χ2v) is 6.41. The van der Waals surface area contributed by atoms with Crippen molar-refractivity contribution in [3.05, 3.63) is 29.7 Å². The third kappa shape index (κ3) is 4.14. The fourth-order valence-electron chi connectivity index (χ4n) is 3.16. The van der Waals surface area contributed by atoms with Gasteiger partial charge in [0.15, 0.2) is 0 Å². The van der Waals surface area contributed by atoms with E-state index in [-0.39, 0.29) is 31.8 Å². The summed E-state index contributed by atoms with van der Waals surface area (Å²) in [5.74, 6) is -0.632. The normalized spacial score (nSPS) is 16.8. The van der Waals surface area contributed by atoms with Crippen LogP contribution in [0.15, 0.2) is 18.2 Å². The summed E-state index contributed by atoms with van der Waals surface area (Å²) >= 11 is 0. The van der Waals surface area contributed by atoms with Gasteiger partial charge in [0.05, 0.1) is 5.52 Å². The summed E-state index contributed by atoms with van der Waals surface area (Å²) in [4.78, 5) is 12.6. The average Bonchev–Trinajstić information content (AvgIpc) is 3.00. The van der Waals surface area contributed by atoms with Gasteiger partial charge in [-0.3, -0.25) is 5.10 Å². The first kappa shape index (κ1) is 20.2. The van der Waals surface area contributed by atoms with E-state index in [1.807, 2.05) is 0 Å². The molecule has 1 aliphatic rings. The Morgan fingerprint density at radius 2 is 1.75 bits per heavy atom. The highest BCUT2D eigenvalue weighted by molar-refractivity contribution is 5.81. The van der Waals surface area contributed by atoms with E-state index in [9.17, 15) is 35.5 Å². The predicted octanol–water partition coefficient (Wildman–Crippen LogP) is 4.51. The number of carbonyl (C=O) groups is 1. The number of alkyl halides is 6. The molecule has 28 heavy (non-hydrogen) atoms. The Hall–Kier alpha value is -2.53. The number of fused-ring (bicyclic) bond motifs is 1. The van der Waals surface area contributed by atoms with Crippen molar-refractivity contribution in [3.8, 4) is 0 Å². The summed E-state index contributed by atoms with van der Waals surface area (Å²) in [6, 6.07) is 4.01. The van der Waals surface area contributed by atoms with E-state index in [4.69, 9.17) is 0 Å². The minimum atomic E-state index is -5.75. The van der Waals surface area contributed by atoms with Crippen LogP contribution in [-0.4, -0.2) is 52.7 Å². The molecule has 1 aliphatic heterocycles. The summed E-state index contributed by atoms with van der Waals surface area (Å²) in [6.07, 6.45) is -16.8. The van der Waals surface area contributed by atoms with Crippen LogP contribution in [0.1, 0.15) is 24.5 Å². The Morgan fingerprint density at radius 3 is 2.32 bits per heavy atom. The molecule has 154 valence electrons. The zero-order valence-electron chi connectivity index (χ0n) is 14.1. The number of likely N-dealkylation sites (tertiary alicyclic amines) is 1. The molecule has 2 heterocycles. The van der Waals surface area contributed by atoms with Gasteiger partial charge in [0, 0.05) is 36.2 Å². The van der Waals surface area contributed by atoms with Crippen molar-refractivity contribution in [2.75, 3.05) is 13.1 Å². The van der Waals surface area contributed by atoms with Gasteiger partial charge in [-0.05, 0) is 25.0 Å². The smallest absolute Gasteiger partial charge is 0.426 e. The molecule has 0 radical (unpaired) electrons. The number of ether oxygens (including phenoxy) is 1. The molecule has 1 aromatic heterocycles. The number of aromatic amines is 1. The van der Waals surface area contributed by atoms with Gasteiger partial charge in [0.2, 0.25) is 0 Å². The third-order valence-electron chi connectivity index (χ3n) is 4.52. The molecule has 1 amide bonds. The number of hydrogen-bond donors (Lipinski definition) is 1. The van der Waals surface area contributed by atoms with Gasteiger partial charge in [0.25, 0.3) is 6.10 Å². The monoisotopic (exact) mass is 413 g/mol. The first-order valence-electron chi connectivity index (χ1n) is 8.19. The molecular weight excluding hydrogens is 399 g/mol. The van der Waals surface area contributed by atoms with Crippen molar-refractivity contribution in [3.63, 3.8) is 0 Å². The van der Waals surface area contributed by atoms with Crippen LogP contribution in [0.25, 0.3) is 10.9 Å². The molecule has 12 heteroatoms. The van der Waals surface area contributed by atoms with Gasteiger partial charge >= 0.3 is 18.4 Å². The lowest BCUT2D eigenvalue weighted by atomic mass is 9.92. The zero-order valence-corrected chi connectivity index (χ0v) is 14.1. The molecule has 5 nitrogen and oxygen atoms in total. The molecule has 0 bridgehead atoms. The van der Waals surface area contributed by atoms with E-state index < -0.39 is 30.4 Å². The van der Waals surface area contributed by atoms with Gasteiger partial charge in [-0.2, -0.15) is 31.4 Å². The number of halogens is 7. The number of nitrogens with zero attached hydrogens (tertiary/aromatic N) is 2. The van der Waals surface area contributed by atoms with E-state index in [0.29, 0.717) is 16.6 Å². The number of carbonyl (C=O) groups excluding carboxylic acids is 1. The molecule has 0 spiro atoms. The molecule has 2 aromatic rings. The molecule has 3 rings (SSSR count). The van der Waals surface area contributed by atoms with Crippen LogP contribution >= 0.6 is 0 Å². The second kappa shape index (κ2) is 7.13. The number of H-pyrrole nitrogens is 1. The Labute approximate surface area is 153 Å². The van der Waals surface area contributed by atoms with Crippen LogP contribution in [0.5, 0.6) is 0 Å². The topological polar surface area (TPSA) is 58.2 Å². The Bertz CT molecular complexity index is 840. The van der Waals surface area contributed by atoms with E-state index in [2.05, 4.69) is 14.9 Å². The molecule has 1 saturated heterocycles. The second-order valence-electron chi connectivity index (χ2n) is 6.41. The molecular formula is C16H14F7N3O2. The lowest BCUT2D eigenvalue weighted by molar-refractivity contribution is -0.308. The third-order valence-corrected chi connectivity index (χ3v) is 4.52. The van der Waals surface area contributed by atoms with Crippen molar-refractivity contribution in [2.45, 2.75) is 37.2 Å². The van der Waals surface area contributed by atoms with Crippen LogP contribution in [0.4, 0.5) is 35.5 Å². The molecule has 0 saturated carbocycles. The van der Waals surface area contributed by atoms with E-state index >= 15 is 0 Å². The first-order valence-corrected chi connectivity index (χ1v) is 8.19. The van der Waals surface area contributed by atoms with Crippen LogP contribution < -0.4 is 0 Å². The van der Waals surface area contributed by atoms with Gasteiger partial charge < -0.3 is 9.64 Å². The number of aromatic nitrogens is 2. The number of nitrogens with one attached hydrogen (secondary N) is 1. The number of amides is 1. The molecule has 0 unspecified atom stereocenters. The average molecular weight is 413 g/mol. The van der Waals surface area contributed by atoms with Crippen molar-refractivity contribution >= 4 is 17.0 Å². The highest BCUT2D eigenvalue weighted by Gasteiger charge is 2.60. The quantitative estimate of drug-likeness (QED) is 0.737. The Balaban J connectivity index is 1.65. The SMILES string of the molecule is O=C(OC(C(F)(F)F)C(F)(F)F)N1CCC(c2[nH]nc3cc(F)ccc23)CC1. The largest absolute Gasteiger partial charge is 0.434 e. The summed E-state index contributed by atoms with van der Waals surface area (Å²) in [7, 11) is 0. The van der Waals surface area contributed by atoms with Crippen molar-refractivity contribution in [1.29, 1.82) is 0 Å². The van der Waals surface area contributed by atoms with Gasteiger partial charge in [0.1, 0.15) is 5.82 Å². The highest BCUT2D eigenvalue weighted by Crippen LogP contribution is 2.37. The maximum atomic E-state index is 13.2. The number of hydrogen-bond acceptors (Lipinski definition) is 3. The van der Waals surface area contributed by atoms with Gasteiger partial charge in [-0.15, -0.1) is 0 Å². The number of benzene rings is 1. The fraction of sp³-hybridized carbons (Fsp3) is 0.500. The maximum absolute atomic E-state index is 13.2. The minimum absolute atomic E-state index is 0.0896. The summed E-state index contributed by atoms with van der Waals surface area (Å²) in [6.45, 7) is -0.179.